The third-order valence-electron chi connectivity index (χ3n) is 4.96. The minimum Gasteiger partial charge on any atom is -0.440 e. The van der Waals surface area contributed by atoms with Crippen molar-refractivity contribution in [1.82, 2.24) is 0 Å². The molecule has 90 valence electrons. The number of nitrogens with zero attached hydrogens (tertiary/aromatic N) is 1. The van der Waals surface area contributed by atoms with Gasteiger partial charge in [0.05, 0.1) is 0 Å². The second-order valence-corrected chi connectivity index (χ2v) is 5.83. The molecule has 4 aliphatic carbocycles. The summed E-state index contributed by atoms with van der Waals surface area (Å²) in [4.78, 5) is 11.5. The Morgan fingerprint density at radius 1 is 1.24 bits per heavy atom. The van der Waals surface area contributed by atoms with Gasteiger partial charge < -0.3 is 4.74 Å². The maximum Gasteiger partial charge on any atom is 0.331 e. The van der Waals surface area contributed by atoms with E-state index in [1.165, 1.54) is 12.5 Å². The van der Waals surface area contributed by atoms with Crippen molar-refractivity contribution in [3.63, 3.8) is 0 Å². The first kappa shape index (κ1) is 10.8. The first-order valence-corrected chi connectivity index (χ1v) is 6.44. The predicted octanol–water partition coefficient (Wildman–Crippen LogP) is 2.43. The summed E-state index contributed by atoms with van der Waals surface area (Å²) >= 11 is 0. The second kappa shape index (κ2) is 3.60. The van der Waals surface area contributed by atoms with Crippen molar-refractivity contribution in [2.24, 2.45) is 23.7 Å². The number of carbonyl (C=O) groups is 1. The summed E-state index contributed by atoms with van der Waals surface area (Å²) in [7, 11) is 0. The van der Waals surface area contributed by atoms with Crippen molar-refractivity contribution >= 4 is 5.97 Å². The Morgan fingerprint density at radius 3 is 2.18 bits per heavy atom. The molecular weight excluding hydrogens is 214 g/mol. The van der Waals surface area contributed by atoms with Crippen LogP contribution in [-0.4, -0.2) is 11.6 Å². The molecule has 4 aliphatic rings. The van der Waals surface area contributed by atoms with Gasteiger partial charge in [0.2, 0.25) is 5.60 Å². The molecule has 0 aromatic heterocycles. The van der Waals surface area contributed by atoms with Crippen LogP contribution in [0.15, 0.2) is 12.7 Å². The van der Waals surface area contributed by atoms with Crippen molar-refractivity contribution in [2.75, 3.05) is 0 Å². The van der Waals surface area contributed by atoms with Gasteiger partial charge in [0.15, 0.2) is 0 Å². The first-order valence-electron chi connectivity index (χ1n) is 6.44. The lowest BCUT2D eigenvalue weighted by Crippen LogP contribution is -2.58. The topological polar surface area (TPSA) is 50.1 Å². The van der Waals surface area contributed by atoms with Crippen molar-refractivity contribution < 1.29 is 9.53 Å². The van der Waals surface area contributed by atoms with E-state index < -0.39 is 11.6 Å². The van der Waals surface area contributed by atoms with E-state index in [0.29, 0.717) is 0 Å². The average molecular weight is 231 g/mol. The van der Waals surface area contributed by atoms with Crippen LogP contribution in [0.25, 0.3) is 0 Å². The highest BCUT2D eigenvalue weighted by Gasteiger charge is 2.60. The molecular formula is C14H17NO2. The largest absolute Gasteiger partial charge is 0.440 e. The highest BCUT2D eigenvalue weighted by atomic mass is 16.6. The fourth-order valence-corrected chi connectivity index (χ4v) is 4.46. The lowest BCUT2D eigenvalue weighted by atomic mass is 9.50. The molecule has 3 heteroatoms. The number of hydrogen-bond acceptors (Lipinski definition) is 3. The van der Waals surface area contributed by atoms with Crippen molar-refractivity contribution in [1.29, 1.82) is 5.26 Å². The molecule has 4 rings (SSSR count). The first-order chi connectivity index (χ1) is 8.18. The van der Waals surface area contributed by atoms with Gasteiger partial charge in [-0.1, -0.05) is 6.58 Å². The molecule has 0 radical (unpaired) electrons. The number of nitriles is 1. The molecule has 0 saturated heterocycles. The highest BCUT2D eigenvalue weighted by molar-refractivity contribution is 5.82. The van der Waals surface area contributed by atoms with Crippen molar-refractivity contribution in [3.8, 4) is 6.07 Å². The van der Waals surface area contributed by atoms with E-state index in [2.05, 4.69) is 12.6 Å². The Bertz CT molecular complexity index is 379. The molecule has 17 heavy (non-hydrogen) atoms. The molecule has 0 spiro atoms. The number of carbonyl (C=O) groups excluding carboxylic acids is 1. The van der Waals surface area contributed by atoms with Gasteiger partial charge in [-0.05, 0) is 43.9 Å². The highest BCUT2D eigenvalue weighted by Crippen LogP contribution is 2.59. The van der Waals surface area contributed by atoms with Gasteiger partial charge in [-0.25, -0.2) is 4.79 Å². The van der Waals surface area contributed by atoms with E-state index in [1.54, 1.807) is 0 Å². The standard InChI is InChI=1S/C14H17NO2/c1-2-13(16)17-14(8-15)11-4-9-3-10(6-11)7-12(14)5-9/h2,9-12H,1,3-7H2. The summed E-state index contributed by atoms with van der Waals surface area (Å²) in [6.07, 6.45) is 6.74. The maximum absolute atomic E-state index is 11.5. The molecule has 0 aromatic rings. The molecule has 4 bridgehead atoms. The number of esters is 1. The Kier molecular flexibility index (Phi) is 2.29. The van der Waals surface area contributed by atoms with Crippen LogP contribution in [0.4, 0.5) is 0 Å². The van der Waals surface area contributed by atoms with E-state index >= 15 is 0 Å². The fraction of sp³-hybridized carbons (Fsp3) is 0.714. The van der Waals surface area contributed by atoms with Crippen LogP contribution in [0.5, 0.6) is 0 Å². The van der Waals surface area contributed by atoms with Crippen LogP contribution in [-0.2, 0) is 9.53 Å². The minimum atomic E-state index is -0.849. The number of rotatable bonds is 2. The summed E-state index contributed by atoms with van der Waals surface area (Å²) in [5.74, 6) is 1.60. The lowest BCUT2D eigenvalue weighted by molar-refractivity contribution is -0.185. The molecule has 0 N–H and O–H groups in total. The van der Waals surface area contributed by atoms with Gasteiger partial charge in [-0.3, -0.25) is 0 Å². The summed E-state index contributed by atoms with van der Waals surface area (Å²) in [6.45, 7) is 3.43. The Hall–Kier alpha value is -1.30. The predicted molar refractivity (Wildman–Crippen MR) is 61.7 cm³/mol. The van der Waals surface area contributed by atoms with Crippen LogP contribution < -0.4 is 0 Å². The van der Waals surface area contributed by atoms with Gasteiger partial charge in [-0.15, -0.1) is 0 Å². The minimum absolute atomic E-state index is 0.257. The lowest BCUT2D eigenvalue weighted by Gasteiger charge is -2.57. The molecule has 0 aromatic carbocycles. The molecule has 0 amide bonds. The van der Waals surface area contributed by atoms with Gasteiger partial charge in [0, 0.05) is 17.9 Å². The zero-order valence-electron chi connectivity index (χ0n) is 9.89. The second-order valence-electron chi connectivity index (χ2n) is 5.83. The maximum atomic E-state index is 11.5. The summed E-state index contributed by atoms with van der Waals surface area (Å²) in [6, 6.07) is 2.33. The summed E-state index contributed by atoms with van der Waals surface area (Å²) in [5.41, 5.74) is -0.849. The van der Waals surface area contributed by atoms with Crippen LogP contribution in [0, 0.1) is 35.0 Å². The summed E-state index contributed by atoms with van der Waals surface area (Å²) in [5, 5.41) is 9.53. The Balaban J connectivity index is 1.92. The van der Waals surface area contributed by atoms with Gasteiger partial charge in [0.25, 0.3) is 0 Å². The molecule has 0 aliphatic heterocycles. The van der Waals surface area contributed by atoms with E-state index in [9.17, 15) is 10.1 Å². The van der Waals surface area contributed by atoms with Crippen molar-refractivity contribution in [3.05, 3.63) is 12.7 Å². The molecule has 0 unspecified atom stereocenters. The van der Waals surface area contributed by atoms with Crippen LogP contribution >= 0.6 is 0 Å². The van der Waals surface area contributed by atoms with E-state index in [-0.39, 0.29) is 11.8 Å². The van der Waals surface area contributed by atoms with Crippen LogP contribution in [0.3, 0.4) is 0 Å². The smallest absolute Gasteiger partial charge is 0.331 e. The third kappa shape index (κ3) is 1.43. The van der Waals surface area contributed by atoms with Crippen LogP contribution in [0.2, 0.25) is 0 Å². The zero-order valence-corrected chi connectivity index (χ0v) is 9.89. The molecule has 0 atom stereocenters. The van der Waals surface area contributed by atoms with Gasteiger partial charge >= 0.3 is 5.97 Å². The molecule has 0 heterocycles. The van der Waals surface area contributed by atoms with Gasteiger partial charge in [0.1, 0.15) is 6.07 Å². The molecule has 4 fully saturated rings. The van der Waals surface area contributed by atoms with Crippen molar-refractivity contribution in [2.45, 2.75) is 37.7 Å². The quantitative estimate of drug-likeness (QED) is 0.541. The monoisotopic (exact) mass is 231 g/mol. The van der Waals surface area contributed by atoms with Gasteiger partial charge in [-0.2, -0.15) is 5.26 Å². The number of hydrogen-bond donors (Lipinski definition) is 0. The zero-order chi connectivity index (χ0) is 12.0. The van der Waals surface area contributed by atoms with E-state index in [1.807, 2.05) is 0 Å². The fourth-order valence-electron chi connectivity index (χ4n) is 4.46. The molecule has 4 saturated carbocycles. The Morgan fingerprint density at radius 2 is 1.76 bits per heavy atom. The van der Waals surface area contributed by atoms with E-state index in [0.717, 1.165) is 37.5 Å². The SMILES string of the molecule is C=CC(=O)OC1(C#N)C2CC3CC(C2)CC1C3. The third-order valence-corrected chi connectivity index (χ3v) is 4.96. The Labute approximate surface area is 101 Å². The molecule has 3 nitrogen and oxygen atoms in total. The summed E-state index contributed by atoms with van der Waals surface area (Å²) < 4.78 is 5.50. The van der Waals surface area contributed by atoms with E-state index in [4.69, 9.17) is 4.74 Å². The van der Waals surface area contributed by atoms with Crippen LogP contribution in [0.1, 0.15) is 32.1 Å². The average Bonchev–Trinajstić information content (AvgIpc) is 2.33. The number of ether oxygens (including phenoxy) is 1. The normalized spacial score (nSPS) is 46.3.